The normalized spacial score (nSPS) is 16.1. The van der Waals surface area contributed by atoms with Crippen LogP contribution in [0.5, 0.6) is 11.5 Å². The molecular weight excluding hydrogens is 352 g/mol. The molecule has 3 rings (SSSR count). The molecule has 2 N–H and O–H groups in total. The van der Waals surface area contributed by atoms with Crippen LogP contribution < -0.4 is 15.2 Å². The Morgan fingerprint density at radius 2 is 2.12 bits per heavy atom. The lowest BCUT2D eigenvalue weighted by molar-refractivity contribution is -0.119. The topological polar surface area (TPSA) is 81.9 Å². The van der Waals surface area contributed by atoms with Gasteiger partial charge in [-0.05, 0) is 48.1 Å². The van der Waals surface area contributed by atoms with Crippen LogP contribution in [0.15, 0.2) is 29.6 Å². The molecule has 1 atom stereocenters. The second-order valence-electron chi connectivity index (χ2n) is 6.09. The number of benzene rings is 1. The number of hydrogen-bond donors (Lipinski definition) is 1. The number of thiophene rings is 1. The summed E-state index contributed by atoms with van der Waals surface area (Å²) in [4.78, 5) is 27.3. The molecule has 0 aliphatic carbocycles. The molecule has 0 spiro atoms. The van der Waals surface area contributed by atoms with Crippen LogP contribution in [0.4, 0.5) is 0 Å². The lowest BCUT2D eigenvalue weighted by atomic mass is 9.97. The van der Waals surface area contributed by atoms with Crippen LogP contribution in [-0.4, -0.2) is 37.0 Å². The minimum absolute atomic E-state index is 0.0338. The molecule has 2 aromatic rings. The van der Waals surface area contributed by atoms with E-state index in [-0.39, 0.29) is 18.6 Å². The highest BCUT2D eigenvalue weighted by molar-refractivity contribution is 7.10. The van der Waals surface area contributed by atoms with Gasteiger partial charge in [0.25, 0.3) is 11.8 Å². The fourth-order valence-electron chi connectivity index (χ4n) is 3.31. The first-order chi connectivity index (χ1) is 12.5. The van der Waals surface area contributed by atoms with E-state index in [1.165, 1.54) is 17.6 Å². The van der Waals surface area contributed by atoms with Gasteiger partial charge in [0.1, 0.15) is 0 Å². The molecule has 1 unspecified atom stereocenters. The highest BCUT2D eigenvalue weighted by Gasteiger charge is 2.31. The molecule has 0 saturated carbocycles. The van der Waals surface area contributed by atoms with Gasteiger partial charge in [-0.3, -0.25) is 9.59 Å². The van der Waals surface area contributed by atoms with E-state index in [0.717, 1.165) is 12.8 Å². The molecule has 1 aliphatic heterocycles. The van der Waals surface area contributed by atoms with E-state index < -0.39 is 5.91 Å². The summed E-state index contributed by atoms with van der Waals surface area (Å²) in [6.45, 7) is 2.56. The number of ether oxygens (including phenoxy) is 2. The second kappa shape index (κ2) is 7.78. The molecule has 26 heavy (non-hydrogen) atoms. The van der Waals surface area contributed by atoms with Crippen molar-refractivity contribution >= 4 is 23.2 Å². The molecule has 1 aromatic heterocycles. The van der Waals surface area contributed by atoms with E-state index in [1.54, 1.807) is 29.5 Å². The first kappa shape index (κ1) is 18.3. The van der Waals surface area contributed by atoms with Crippen molar-refractivity contribution in [1.82, 2.24) is 4.90 Å². The number of hydrogen-bond acceptors (Lipinski definition) is 5. The van der Waals surface area contributed by atoms with Gasteiger partial charge in [-0.15, -0.1) is 11.3 Å². The van der Waals surface area contributed by atoms with Crippen molar-refractivity contribution in [3.63, 3.8) is 0 Å². The average Bonchev–Trinajstić information content (AvgIpc) is 3.13. The third-order valence-corrected chi connectivity index (χ3v) is 5.52. The highest BCUT2D eigenvalue weighted by Crippen LogP contribution is 2.37. The molecule has 1 aliphatic rings. The summed E-state index contributed by atoms with van der Waals surface area (Å²) >= 11 is 1.76. The Hall–Kier alpha value is -2.54. The predicted molar refractivity (Wildman–Crippen MR) is 99.8 cm³/mol. The van der Waals surface area contributed by atoms with E-state index in [9.17, 15) is 9.59 Å². The number of rotatable bonds is 6. The zero-order chi connectivity index (χ0) is 18.7. The third-order valence-electron chi connectivity index (χ3n) is 4.52. The van der Waals surface area contributed by atoms with E-state index in [4.69, 9.17) is 15.2 Å². The Labute approximate surface area is 156 Å². The lowest BCUT2D eigenvalue weighted by Crippen LogP contribution is -2.39. The van der Waals surface area contributed by atoms with Crippen molar-refractivity contribution in [2.75, 3.05) is 20.3 Å². The van der Waals surface area contributed by atoms with Crippen LogP contribution in [0.25, 0.3) is 0 Å². The van der Waals surface area contributed by atoms with Crippen molar-refractivity contribution in [2.24, 2.45) is 5.73 Å². The number of carbonyl (C=O) groups is 2. The quantitative estimate of drug-likeness (QED) is 0.843. The summed E-state index contributed by atoms with van der Waals surface area (Å²) in [5.74, 6) is 0.179. The highest BCUT2D eigenvalue weighted by atomic mass is 32.1. The molecule has 0 radical (unpaired) electrons. The molecule has 0 saturated heterocycles. The van der Waals surface area contributed by atoms with Gasteiger partial charge in [0.15, 0.2) is 18.1 Å². The van der Waals surface area contributed by atoms with E-state index in [2.05, 4.69) is 18.4 Å². The fourth-order valence-corrected chi connectivity index (χ4v) is 4.24. The first-order valence-electron chi connectivity index (χ1n) is 8.51. The lowest BCUT2D eigenvalue weighted by Gasteiger charge is -2.35. The summed E-state index contributed by atoms with van der Waals surface area (Å²) in [5, 5.41) is 2.09. The Balaban J connectivity index is 1.84. The van der Waals surface area contributed by atoms with Crippen molar-refractivity contribution in [3.05, 3.63) is 45.6 Å². The van der Waals surface area contributed by atoms with Crippen LogP contribution in [0.2, 0.25) is 0 Å². The smallest absolute Gasteiger partial charge is 0.255 e. The summed E-state index contributed by atoms with van der Waals surface area (Å²) < 4.78 is 10.6. The standard InChI is InChI=1S/C19H22N2O4S/c1-3-14-13-7-9-26-17(13)6-8-21(14)19(23)12-4-5-15(16(10-12)24-2)25-11-18(20)22/h4-5,7,9-10,14H,3,6,8,11H2,1-2H3,(H2,20,22). The Bertz CT molecular complexity index is 818. The van der Waals surface area contributed by atoms with Crippen molar-refractivity contribution < 1.29 is 19.1 Å². The average molecular weight is 374 g/mol. The number of amides is 2. The molecule has 1 aromatic carbocycles. The van der Waals surface area contributed by atoms with Crippen LogP contribution in [0, 0.1) is 0 Å². The number of nitrogens with zero attached hydrogens (tertiary/aromatic N) is 1. The van der Waals surface area contributed by atoms with Gasteiger partial charge >= 0.3 is 0 Å². The third kappa shape index (κ3) is 3.53. The van der Waals surface area contributed by atoms with Gasteiger partial charge in [-0.1, -0.05) is 6.92 Å². The summed E-state index contributed by atoms with van der Waals surface area (Å²) in [6.07, 6.45) is 1.75. The largest absolute Gasteiger partial charge is 0.493 e. The van der Waals surface area contributed by atoms with Crippen molar-refractivity contribution in [3.8, 4) is 11.5 Å². The van der Waals surface area contributed by atoms with E-state index in [1.807, 2.05) is 4.90 Å². The molecule has 6 nitrogen and oxygen atoms in total. The van der Waals surface area contributed by atoms with Gasteiger partial charge in [-0.25, -0.2) is 0 Å². The minimum atomic E-state index is -0.571. The second-order valence-corrected chi connectivity index (χ2v) is 7.09. The molecule has 7 heteroatoms. The van der Waals surface area contributed by atoms with Crippen molar-refractivity contribution in [2.45, 2.75) is 25.8 Å². The van der Waals surface area contributed by atoms with Crippen LogP contribution in [-0.2, 0) is 11.2 Å². The SMILES string of the molecule is CCC1c2ccsc2CCN1C(=O)c1ccc(OCC(N)=O)c(OC)c1. The maximum absolute atomic E-state index is 13.1. The summed E-state index contributed by atoms with van der Waals surface area (Å²) in [6, 6.07) is 7.19. The van der Waals surface area contributed by atoms with Crippen molar-refractivity contribution in [1.29, 1.82) is 0 Å². The molecule has 2 amide bonds. The number of fused-ring (bicyclic) bond motifs is 1. The molecule has 2 heterocycles. The monoisotopic (exact) mass is 374 g/mol. The number of nitrogens with two attached hydrogens (primary N) is 1. The molecule has 0 fully saturated rings. The number of carbonyl (C=O) groups excluding carboxylic acids is 2. The van der Waals surface area contributed by atoms with Gasteiger partial charge in [0, 0.05) is 17.0 Å². The Morgan fingerprint density at radius 1 is 1.31 bits per heavy atom. The zero-order valence-corrected chi connectivity index (χ0v) is 15.7. The Morgan fingerprint density at radius 3 is 2.81 bits per heavy atom. The van der Waals surface area contributed by atoms with Gasteiger partial charge in [-0.2, -0.15) is 0 Å². The molecule has 138 valence electrons. The van der Waals surface area contributed by atoms with Gasteiger partial charge in [0.2, 0.25) is 0 Å². The predicted octanol–water partition coefficient (Wildman–Crippen LogP) is 2.77. The summed E-state index contributed by atoms with van der Waals surface area (Å²) in [7, 11) is 1.49. The van der Waals surface area contributed by atoms with E-state index >= 15 is 0 Å². The number of methoxy groups -OCH3 is 1. The maximum Gasteiger partial charge on any atom is 0.255 e. The van der Waals surface area contributed by atoms with Crippen LogP contribution in [0.3, 0.4) is 0 Å². The Kier molecular flexibility index (Phi) is 5.46. The number of primary amides is 1. The van der Waals surface area contributed by atoms with Gasteiger partial charge < -0.3 is 20.1 Å². The summed E-state index contributed by atoms with van der Waals surface area (Å²) in [5.41, 5.74) is 6.89. The minimum Gasteiger partial charge on any atom is -0.493 e. The van der Waals surface area contributed by atoms with E-state index in [0.29, 0.717) is 23.6 Å². The van der Waals surface area contributed by atoms with Crippen LogP contribution in [0.1, 0.15) is 40.2 Å². The fraction of sp³-hybridized carbons (Fsp3) is 0.368. The zero-order valence-electron chi connectivity index (χ0n) is 14.9. The first-order valence-corrected chi connectivity index (χ1v) is 9.39. The van der Waals surface area contributed by atoms with Crippen LogP contribution >= 0.6 is 11.3 Å². The van der Waals surface area contributed by atoms with Gasteiger partial charge in [0.05, 0.1) is 13.2 Å². The maximum atomic E-state index is 13.1. The molecule has 0 bridgehead atoms. The molecular formula is C19H22N2O4S.